The number of anilines is 1. The first-order valence-corrected chi connectivity index (χ1v) is 5.59. The van der Waals surface area contributed by atoms with Crippen LogP contribution in [-0.4, -0.2) is 12.5 Å². The van der Waals surface area contributed by atoms with Gasteiger partial charge in [-0.2, -0.15) is 0 Å². The van der Waals surface area contributed by atoms with E-state index in [1.54, 1.807) is 0 Å². The summed E-state index contributed by atoms with van der Waals surface area (Å²) in [6.45, 7) is 0.665. The summed E-state index contributed by atoms with van der Waals surface area (Å²) in [7, 11) is 0. The molecule has 1 unspecified atom stereocenters. The lowest BCUT2D eigenvalue weighted by molar-refractivity contribution is -0.115. The zero-order valence-electron chi connectivity index (χ0n) is 9.20. The van der Waals surface area contributed by atoms with E-state index >= 15 is 0 Å². The molecule has 1 heterocycles. The predicted octanol–water partition coefficient (Wildman–Crippen LogP) is 0.920. The Labute approximate surface area is 95.0 Å². The number of nitrogens with two attached hydrogens (primary N) is 2. The summed E-state index contributed by atoms with van der Waals surface area (Å²) in [6, 6.07) is 5.95. The van der Waals surface area contributed by atoms with E-state index in [4.69, 9.17) is 11.5 Å². The average Bonchev–Trinajstić information content (AvgIpc) is 2.64. The van der Waals surface area contributed by atoms with Crippen LogP contribution in [0.3, 0.4) is 0 Å². The summed E-state index contributed by atoms with van der Waals surface area (Å²) in [5.41, 5.74) is 14.6. The number of rotatable bonds is 4. The standard InChI is InChI=1S/C12H17N3O/c13-5-1-2-10(14)8-3-4-11-9(6-8)7-12(16)15-11/h3-4,6,10H,1-2,5,7,13-14H2,(H,15,16). The number of carbonyl (C=O) groups excluding carboxylic acids is 1. The van der Waals surface area contributed by atoms with E-state index in [2.05, 4.69) is 5.32 Å². The van der Waals surface area contributed by atoms with Crippen molar-refractivity contribution in [3.05, 3.63) is 29.3 Å². The van der Waals surface area contributed by atoms with Gasteiger partial charge >= 0.3 is 0 Å². The highest BCUT2D eigenvalue weighted by atomic mass is 16.1. The summed E-state index contributed by atoms with van der Waals surface area (Å²) in [4.78, 5) is 11.2. The quantitative estimate of drug-likeness (QED) is 0.704. The van der Waals surface area contributed by atoms with Crippen molar-refractivity contribution in [2.75, 3.05) is 11.9 Å². The maximum absolute atomic E-state index is 11.2. The Kier molecular flexibility index (Phi) is 3.22. The summed E-state index contributed by atoms with van der Waals surface area (Å²) in [5.74, 6) is 0.0580. The lowest BCUT2D eigenvalue weighted by atomic mass is 9.99. The Hall–Kier alpha value is -1.39. The third kappa shape index (κ3) is 2.23. The fraction of sp³-hybridized carbons (Fsp3) is 0.417. The number of carbonyl (C=O) groups is 1. The molecule has 0 aromatic heterocycles. The SMILES string of the molecule is NCCCC(N)c1ccc2c(c1)CC(=O)N2. The molecule has 86 valence electrons. The van der Waals surface area contributed by atoms with Gasteiger partial charge in [-0.15, -0.1) is 0 Å². The molecule has 0 aliphatic carbocycles. The van der Waals surface area contributed by atoms with E-state index in [1.165, 1.54) is 0 Å². The Morgan fingerprint density at radius 1 is 1.44 bits per heavy atom. The van der Waals surface area contributed by atoms with Gasteiger partial charge in [-0.25, -0.2) is 0 Å². The zero-order chi connectivity index (χ0) is 11.5. The van der Waals surface area contributed by atoms with Crippen molar-refractivity contribution in [3.63, 3.8) is 0 Å². The third-order valence-corrected chi connectivity index (χ3v) is 2.90. The summed E-state index contributed by atoms with van der Waals surface area (Å²) < 4.78 is 0. The molecule has 0 saturated heterocycles. The molecule has 0 bridgehead atoms. The van der Waals surface area contributed by atoms with Crippen LogP contribution in [0.5, 0.6) is 0 Å². The molecule has 1 aliphatic rings. The fourth-order valence-corrected chi connectivity index (χ4v) is 1.98. The molecule has 1 aromatic carbocycles. The van der Waals surface area contributed by atoms with Gasteiger partial charge in [-0.1, -0.05) is 12.1 Å². The zero-order valence-corrected chi connectivity index (χ0v) is 9.20. The lowest BCUT2D eigenvalue weighted by Crippen LogP contribution is -2.12. The maximum Gasteiger partial charge on any atom is 0.228 e. The molecule has 0 radical (unpaired) electrons. The first-order valence-electron chi connectivity index (χ1n) is 5.59. The van der Waals surface area contributed by atoms with Crippen LogP contribution >= 0.6 is 0 Å². The van der Waals surface area contributed by atoms with E-state index in [0.717, 1.165) is 29.7 Å². The van der Waals surface area contributed by atoms with Gasteiger partial charge in [0.05, 0.1) is 6.42 Å². The smallest absolute Gasteiger partial charge is 0.228 e. The minimum absolute atomic E-state index is 0.0181. The topological polar surface area (TPSA) is 81.1 Å². The number of hydrogen-bond donors (Lipinski definition) is 3. The third-order valence-electron chi connectivity index (χ3n) is 2.90. The number of amides is 1. The Bertz CT molecular complexity index is 403. The van der Waals surface area contributed by atoms with Crippen LogP contribution in [0.1, 0.15) is 30.0 Å². The fourth-order valence-electron chi connectivity index (χ4n) is 1.98. The summed E-state index contributed by atoms with van der Waals surface area (Å²) >= 11 is 0. The van der Waals surface area contributed by atoms with Crippen molar-refractivity contribution in [2.24, 2.45) is 11.5 Å². The summed E-state index contributed by atoms with van der Waals surface area (Å²) in [5, 5.41) is 2.81. The Morgan fingerprint density at radius 2 is 2.25 bits per heavy atom. The Balaban J connectivity index is 2.12. The number of nitrogens with one attached hydrogen (secondary N) is 1. The van der Waals surface area contributed by atoms with Gasteiger partial charge in [0, 0.05) is 11.7 Å². The second kappa shape index (κ2) is 4.63. The highest BCUT2D eigenvalue weighted by Gasteiger charge is 2.18. The van der Waals surface area contributed by atoms with E-state index < -0.39 is 0 Å². The van der Waals surface area contributed by atoms with Gasteiger partial charge in [0.15, 0.2) is 0 Å². The van der Waals surface area contributed by atoms with Crippen LogP contribution in [0, 0.1) is 0 Å². The molecule has 0 fully saturated rings. The van der Waals surface area contributed by atoms with Crippen LogP contribution in [-0.2, 0) is 11.2 Å². The molecule has 1 amide bonds. The number of hydrogen-bond acceptors (Lipinski definition) is 3. The molecule has 4 nitrogen and oxygen atoms in total. The van der Waals surface area contributed by atoms with E-state index in [0.29, 0.717) is 13.0 Å². The van der Waals surface area contributed by atoms with Crippen molar-refractivity contribution in [1.82, 2.24) is 0 Å². The first kappa shape index (κ1) is 11.1. The van der Waals surface area contributed by atoms with Gasteiger partial charge in [0.2, 0.25) is 5.91 Å². The van der Waals surface area contributed by atoms with Crippen LogP contribution in [0.15, 0.2) is 18.2 Å². The normalized spacial score (nSPS) is 15.8. The van der Waals surface area contributed by atoms with Gasteiger partial charge < -0.3 is 16.8 Å². The molecular weight excluding hydrogens is 202 g/mol. The lowest BCUT2D eigenvalue weighted by Gasteiger charge is -2.12. The molecule has 1 aliphatic heterocycles. The minimum Gasteiger partial charge on any atom is -0.330 e. The molecule has 4 heteroatoms. The largest absolute Gasteiger partial charge is 0.330 e. The van der Waals surface area contributed by atoms with Crippen LogP contribution < -0.4 is 16.8 Å². The number of benzene rings is 1. The first-order chi connectivity index (χ1) is 7.70. The number of fused-ring (bicyclic) bond motifs is 1. The highest BCUT2D eigenvalue weighted by molar-refractivity contribution is 5.99. The minimum atomic E-state index is 0.0181. The molecule has 2 rings (SSSR count). The van der Waals surface area contributed by atoms with Crippen molar-refractivity contribution in [1.29, 1.82) is 0 Å². The van der Waals surface area contributed by atoms with Crippen molar-refractivity contribution in [3.8, 4) is 0 Å². The van der Waals surface area contributed by atoms with Gasteiger partial charge in [-0.05, 0) is 36.6 Å². The van der Waals surface area contributed by atoms with E-state index in [1.807, 2.05) is 18.2 Å². The Morgan fingerprint density at radius 3 is 3.00 bits per heavy atom. The average molecular weight is 219 g/mol. The summed E-state index contributed by atoms with van der Waals surface area (Å²) in [6.07, 6.45) is 2.28. The molecule has 0 spiro atoms. The van der Waals surface area contributed by atoms with Crippen molar-refractivity contribution < 1.29 is 4.79 Å². The molecule has 16 heavy (non-hydrogen) atoms. The van der Waals surface area contributed by atoms with Gasteiger partial charge in [-0.3, -0.25) is 4.79 Å². The molecule has 1 aromatic rings. The van der Waals surface area contributed by atoms with Crippen LogP contribution in [0.2, 0.25) is 0 Å². The maximum atomic E-state index is 11.2. The molecule has 5 N–H and O–H groups in total. The molecule has 0 saturated carbocycles. The van der Waals surface area contributed by atoms with Crippen LogP contribution in [0.25, 0.3) is 0 Å². The van der Waals surface area contributed by atoms with E-state index in [9.17, 15) is 4.79 Å². The monoisotopic (exact) mass is 219 g/mol. The van der Waals surface area contributed by atoms with E-state index in [-0.39, 0.29) is 11.9 Å². The van der Waals surface area contributed by atoms with Crippen molar-refractivity contribution >= 4 is 11.6 Å². The second-order valence-electron chi connectivity index (χ2n) is 4.18. The molecular formula is C12H17N3O. The van der Waals surface area contributed by atoms with Gasteiger partial charge in [0.25, 0.3) is 0 Å². The predicted molar refractivity (Wildman–Crippen MR) is 64.0 cm³/mol. The second-order valence-corrected chi connectivity index (χ2v) is 4.18. The highest BCUT2D eigenvalue weighted by Crippen LogP contribution is 2.26. The van der Waals surface area contributed by atoms with Gasteiger partial charge in [0.1, 0.15) is 0 Å². The van der Waals surface area contributed by atoms with Crippen LogP contribution in [0.4, 0.5) is 5.69 Å². The van der Waals surface area contributed by atoms with Crippen molar-refractivity contribution in [2.45, 2.75) is 25.3 Å². The molecule has 1 atom stereocenters.